The molecule has 1 saturated carbocycles. The van der Waals surface area contributed by atoms with Gasteiger partial charge in [-0.2, -0.15) is 0 Å². The molecular weight excluding hydrogens is 282 g/mol. The molecular formula is C17H21NO4. The van der Waals surface area contributed by atoms with Gasteiger partial charge < -0.3 is 9.47 Å². The molecule has 3 atom stereocenters. The van der Waals surface area contributed by atoms with Gasteiger partial charge >= 0.3 is 12.1 Å². The highest BCUT2D eigenvalue weighted by Crippen LogP contribution is 2.43. The molecule has 1 aromatic carbocycles. The van der Waals surface area contributed by atoms with E-state index in [1.54, 1.807) is 11.8 Å². The van der Waals surface area contributed by atoms with E-state index in [4.69, 9.17) is 9.47 Å². The van der Waals surface area contributed by atoms with Crippen molar-refractivity contribution in [1.29, 1.82) is 0 Å². The second kappa shape index (κ2) is 6.38. The number of carbonyl (C=O) groups is 2. The molecule has 1 aliphatic heterocycles. The number of amides is 1. The summed E-state index contributed by atoms with van der Waals surface area (Å²) in [5, 5.41) is 0. The number of rotatable bonds is 4. The minimum Gasteiger partial charge on any atom is -0.464 e. The molecule has 22 heavy (non-hydrogen) atoms. The van der Waals surface area contributed by atoms with Gasteiger partial charge in [-0.15, -0.1) is 0 Å². The maximum absolute atomic E-state index is 12.4. The van der Waals surface area contributed by atoms with E-state index >= 15 is 0 Å². The number of likely N-dealkylation sites (tertiary alicyclic amines) is 1. The summed E-state index contributed by atoms with van der Waals surface area (Å²) in [5.74, 6) is -0.0836. The number of benzene rings is 1. The van der Waals surface area contributed by atoms with Crippen LogP contribution in [0.25, 0.3) is 0 Å². The maximum Gasteiger partial charge on any atom is 0.411 e. The van der Waals surface area contributed by atoms with E-state index in [0.717, 1.165) is 24.8 Å². The van der Waals surface area contributed by atoms with Gasteiger partial charge in [0.15, 0.2) is 0 Å². The Balaban J connectivity index is 1.66. The summed E-state index contributed by atoms with van der Waals surface area (Å²) in [6, 6.07) is 9.19. The Kier molecular flexibility index (Phi) is 4.32. The fourth-order valence-electron chi connectivity index (χ4n) is 3.58. The molecule has 2 fully saturated rings. The summed E-state index contributed by atoms with van der Waals surface area (Å²) >= 11 is 0. The molecule has 1 aliphatic carbocycles. The van der Waals surface area contributed by atoms with Gasteiger partial charge in [0.2, 0.25) is 0 Å². The quantitative estimate of drug-likeness (QED) is 0.803. The third-order valence-corrected chi connectivity index (χ3v) is 4.53. The average molecular weight is 303 g/mol. The first-order valence-corrected chi connectivity index (χ1v) is 7.86. The van der Waals surface area contributed by atoms with Crippen molar-refractivity contribution >= 4 is 12.1 Å². The van der Waals surface area contributed by atoms with Gasteiger partial charge in [-0.05, 0) is 37.7 Å². The maximum atomic E-state index is 12.4. The molecule has 2 aliphatic rings. The van der Waals surface area contributed by atoms with Crippen LogP contribution in [0, 0.1) is 5.92 Å². The molecule has 118 valence electrons. The lowest BCUT2D eigenvalue weighted by Crippen LogP contribution is -2.49. The molecule has 1 heterocycles. The van der Waals surface area contributed by atoms with Gasteiger partial charge in [0.25, 0.3) is 0 Å². The number of nitrogens with zero attached hydrogens (tertiary/aromatic N) is 1. The lowest BCUT2D eigenvalue weighted by atomic mass is 9.99. The van der Waals surface area contributed by atoms with Gasteiger partial charge in [0.05, 0.1) is 6.61 Å². The van der Waals surface area contributed by atoms with E-state index in [9.17, 15) is 9.59 Å². The van der Waals surface area contributed by atoms with Crippen LogP contribution in [0.2, 0.25) is 0 Å². The molecule has 5 nitrogen and oxygen atoms in total. The summed E-state index contributed by atoms with van der Waals surface area (Å²) in [7, 11) is 0. The Hall–Kier alpha value is -2.04. The Morgan fingerprint density at radius 1 is 1.18 bits per heavy atom. The number of ether oxygens (including phenoxy) is 2. The lowest BCUT2D eigenvalue weighted by Gasteiger charge is -2.32. The SMILES string of the molecule is CCOC(=O)[C@H]1[C@H]2CC[C@H](C2)N1C(=O)OCc1ccccc1. The molecule has 1 amide bonds. The van der Waals surface area contributed by atoms with E-state index in [2.05, 4.69) is 0 Å². The Morgan fingerprint density at radius 2 is 1.95 bits per heavy atom. The fraction of sp³-hybridized carbons (Fsp3) is 0.529. The van der Waals surface area contributed by atoms with Gasteiger partial charge in [0.1, 0.15) is 12.6 Å². The number of hydrogen-bond acceptors (Lipinski definition) is 4. The van der Waals surface area contributed by atoms with E-state index < -0.39 is 12.1 Å². The van der Waals surface area contributed by atoms with Crippen LogP contribution in [-0.2, 0) is 20.9 Å². The second-order valence-electron chi connectivity index (χ2n) is 5.87. The zero-order valence-corrected chi connectivity index (χ0v) is 12.7. The van der Waals surface area contributed by atoms with Crippen LogP contribution in [0.15, 0.2) is 30.3 Å². The monoisotopic (exact) mass is 303 g/mol. The van der Waals surface area contributed by atoms with Gasteiger partial charge in [-0.25, -0.2) is 9.59 Å². The Labute approximate surface area is 130 Å². The smallest absolute Gasteiger partial charge is 0.411 e. The van der Waals surface area contributed by atoms with Crippen molar-refractivity contribution < 1.29 is 19.1 Å². The fourth-order valence-corrected chi connectivity index (χ4v) is 3.58. The molecule has 0 spiro atoms. The summed E-state index contributed by atoms with van der Waals surface area (Å²) in [5.41, 5.74) is 0.938. The predicted molar refractivity (Wildman–Crippen MR) is 80.0 cm³/mol. The van der Waals surface area contributed by atoms with Crippen molar-refractivity contribution in [2.45, 2.75) is 44.9 Å². The highest BCUT2D eigenvalue weighted by molar-refractivity contribution is 5.83. The van der Waals surface area contributed by atoms with Gasteiger partial charge in [-0.1, -0.05) is 30.3 Å². The third-order valence-electron chi connectivity index (χ3n) is 4.53. The molecule has 1 saturated heterocycles. The summed E-state index contributed by atoms with van der Waals surface area (Å²) in [4.78, 5) is 26.2. The molecule has 5 heteroatoms. The topological polar surface area (TPSA) is 55.8 Å². The molecule has 0 N–H and O–H groups in total. The number of fused-ring (bicyclic) bond motifs is 2. The number of carbonyl (C=O) groups excluding carboxylic acids is 2. The van der Waals surface area contributed by atoms with Crippen LogP contribution in [0.3, 0.4) is 0 Å². The predicted octanol–water partition coefficient (Wildman–Crippen LogP) is 2.74. The third kappa shape index (κ3) is 2.80. The summed E-state index contributed by atoms with van der Waals surface area (Å²) in [6.45, 7) is 2.34. The first-order chi connectivity index (χ1) is 10.7. The van der Waals surface area contributed by atoms with E-state index in [-0.39, 0.29) is 24.5 Å². The van der Waals surface area contributed by atoms with E-state index in [1.807, 2.05) is 30.3 Å². The minimum atomic E-state index is -0.470. The van der Waals surface area contributed by atoms with E-state index in [0.29, 0.717) is 6.61 Å². The van der Waals surface area contributed by atoms with Crippen LogP contribution >= 0.6 is 0 Å². The highest BCUT2D eigenvalue weighted by atomic mass is 16.6. The van der Waals surface area contributed by atoms with Crippen LogP contribution in [0.1, 0.15) is 31.7 Å². The lowest BCUT2D eigenvalue weighted by molar-refractivity contribution is -0.150. The number of piperidine rings is 1. The van der Waals surface area contributed by atoms with Crippen LogP contribution in [0.5, 0.6) is 0 Å². The molecule has 3 rings (SSSR count). The number of esters is 1. The highest BCUT2D eigenvalue weighted by Gasteiger charge is 2.52. The van der Waals surface area contributed by atoms with Crippen LogP contribution in [-0.4, -0.2) is 35.7 Å². The zero-order chi connectivity index (χ0) is 15.5. The van der Waals surface area contributed by atoms with Crippen molar-refractivity contribution in [1.82, 2.24) is 4.90 Å². The first-order valence-electron chi connectivity index (χ1n) is 7.86. The average Bonchev–Trinajstić information content (AvgIpc) is 3.14. The molecule has 0 unspecified atom stereocenters. The normalized spacial score (nSPS) is 26.0. The molecule has 0 aromatic heterocycles. The standard InChI is InChI=1S/C17H21NO4/c1-2-21-16(19)15-13-8-9-14(10-13)18(15)17(20)22-11-12-6-4-3-5-7-12/h3-7,13-15H,2,8-11H2,1H3/t13-,14+,15+/m0/s1. The van der Waals surface area contributed by atoms with Crippen molar-refractivity contribution in [3.05, 3.63) is 35.9 Å². The first kappa shape index (κ1) is 14.9. The molecule has 0 radical (unpaired) electrons. The van der Waals surface area contributed by atoms with Crippen molar-refractivity contribution in [2.24, 2.45) is 5.92 Å². The molecule has 2 bridgehead atoms. The Morgan fingerprint density at radius 3 is 2.68 bits per heavy atom. The van der Waals surface area contributed by atoms with Crippen LogP contribution < -0.4 is 0 Å². The second-order valence-corrected chi connectivity index (χ2v) is 5.87. The largest absolute Gasteiger partial charge is 0.464 e. The van der Waals surface area contributed by atoms with Gasteiger partial charge in [0, 0.05) is 6.04 Å². The van der Waals surface area contributed by atoms with Gasteiger partial charge in [-0.3, -0.25) is 4.90 Å². The Bertz CT molecular complexity index is 545. The summed E-state index contributed by atoms with van der Waals surface area (Å²) < 4.78 is 10.5. The summed E-state index contributed by atoms with van der Waals surface area (Å²) in [6.07, 6.45) is 2.40. The van der Waals surface area contributed by atoms with Crippen molar-refractivity contribution in [3.63, 3.8) is 0 Å². The van der Waals surface area contributed by atoms with Crippen molar-refractivity contribution in [2.75, 3.05) is 6.61 Å². The zero-order valence-electron chi connectivity index (χ0n) is 12.7. The van der Waals surface area contributed by atoms with E-state index in [1.165, 1.54) is 0 Å². The molecule has 1 aromatic rings. The number of hydrogen-bond donors (Lipinski definition) is 0. The van der Waals surface area contributed by atoms with Crippen molar-refractivity contribution in [3.8, 4) is 0 Å². The minimum absolute atomic E-state index is 0.114. The van der Waals surface area contributed by atoms with Crippen LogP contribution in [0.4, 0.5) is 4.79 Å².